The Kier molecular flexibility index (Phi) is 6.85. The Balaban J connectivity index is 1.47. The summed E-state index contributed by atoms with van der Waals surface area (Å²) in [5.41, 5.74) is 4.05. The summed E-state index contributed by atoms with van der Waals surface area (Å²) in [6, 6.07) is 1.69. The normalized spacial score (nSPS) is 12.0. The van der Waals surface area contributed by atoms with E-state index in [1.807, 2.05) is 6.07 Å². The van der Waals surface area contributed by atoms with Crippen LogP contribution in [0.1, 0.15) is 53.6 Å². The number of H-pyrrole nitrogens is 2. The first kappa shape index (κ1) is 21.6. The van der Waals surface area contributed by atoms with Crippen molar-refractivity contribution in [2.24, 2.45) is 0 Å². The molecule has 0 radical (unpaired) electrons. The second-order valence-corrected chi connectivity index (χ2v) is 8.26. The van der Waals surface area contributed by atoms with Crippen LogP contribution < -0.4 is 10.6 Å². The summed E-state index contributed by atoms with van der Waals surface area (Å²) in [6.07, 6.45) is 10.5. The van der Waals surface area contributed by atoms with Crippen LogP contribution in [0.25, 0.3) is 22.3 Å². The number of hydrogen-bond acceptors (Lipinski definition) is 7. The number of rotatable bonds is 10. The molecule has 4 N–H and O–H groups in total. The first-order valence-electron chi connectivity index (χ1n) is 10.4. The van der Waals surface area contributed by atoms with Crippen LogP contribution in [0, 0.1) is 0 Å². The number of carbonyl (C=O) groups excluding carboxylic acids is 2. The fraction of sp³-hybridized carbons (Fsp3) is 0.333. The van der Waals surface area contributed by atoms with Crippen molar-refractivity contribution in [2.45, 2.75) is 38.1 Å². The fourth-order valence-electron chi connectivity index (χ4n) is 3.41. The van der Waals surface area contributed by atoms with Gasteiger partial charge in [-0.2, -0.15) is 5.10 Å². The van der Waals surface area contributed by atoms with E-state index in [-0.39, 0.29) is 17.9 Å². The van der Waals surface area contributed by atoms with Gasteiger partial charge in [0.25, 0.3) is 5.91 Å². The molecule has 0 saturated carbocycles. The predicted octanol–water partition coefficient (Wildman–Crippen LogP) is 2.97. The van der Waals surface area contributed by atoms with Crippen molar-refractivity contribution < 1.29 is 9.59 Å². The lowest BCUT2D eigenvalue weighted by Gasteiger charge is -2.16. The second-order valence-electron chi connectivity index (χ2n) is 7.38. The SMILES string of the molecule is CNC(=O)CCCCCC(NC(=O)c1cncs1)c1ncc(-c2cnc3[nH]ncc3c2)[nH]1. The summed E-state index contributed by atoms with van der Waals surface area (Å²) in [4.78, 5) is 40.8. The average Bonchev–Trinajstić information content (AvgIpc) is 3.58. The monoisotopic (exact) mass is 452 g/mol. The van der Waals surface area contributed by atoms with Crippen LogP contribution in [0.4, 0.5) is 0 Å². The quantitative estimate of drug-likeness (QED) is 0.273. The van der Waals surface area contributed by atoms with E-state index >= 15 is 0 Å². The molecule has 0 aliphatic rings. The van der Waals surface area contributed by atoms with Crippen molar-refractivity contribution in [2.75, 3.05) is 7.05 Å². The number of thiazole rings is 1. The molecule has 1 unspecified atom stereocenters. The molecule has 0 spiro atoms. The van der Waals surface area contributed by atoms with E-state index in [0.29, 0.717) is 23.5 Å². The number of aromatic amines is 2. The first-order valence-corrected chi connectivity index (χ1v) is 11.3. The molecule has 11 heteroatoms. The molecule has 0 aliphatic carbocycles. The van der Waals surface area contributed by atoms with Crippen LogP contribution in [0.15, 0.2) is 36.4 Å². The van der Waals surface area contributed by atoms with Crippen molar-refractivity contribution in [3.63, 3.8) is 0 Å². The maximum absolute atomic E-state index is 12.6. The van der Waals surface area contributed by atoms with Crippen LogP contribution in [-0.2, 0) is 4.79 Å². The summed E-state index contributed by atoms with van der Waals surface area (Å²) < 4.78 is 0. The van der Waals surface area contributed by atoms with E-state index in [2.05, 4.69) is 40.8 Å². The number of nitrogens with one attached hydrogen (secondary N) is 4. The Bertz CT molecular complexity index is 1180. The highest BCUT2D eigenvalue weighted by molar-refractivity contribution is 7.11. The fourth-order valence-corrected chi connectivity index (χ4v) is 3.94. The third kappa shape index (κ3) is 5.17. The van der Waals surface area contributed by atoms with Gasteiger partial charge in [-0.25, -0.2) is 9.97 Å². The van der Waals surface area contributed by atoms with Crippen LogP contribution in [0.5, 0.6) is 0 Å². The number of fused-ring (bicyclic) bond motifs is 1. The number of unbranched alkanes of at least 4 members (excludes halogenated alkanes) is 2. The zero-order chi connectivity index (χ0) is 22.3. The molecule has 1 atom stereocenters. The van der Waals surface area contributed by atoms with Gasteiger partial charge in [-0.3, -0.25) is 19.7 Å². The van der Waals surface area contributed by atoms with Crippen molar-refractivity contribution in [1.82, 2.24) is 40.8 Å². The van der Waals surface area contributed by atoms with Crippen LogP contribution in [0.3, 0.4) is 0 Å². The van der Waals surface area contributed by atoms with Gasteiger partial charge in [0.2, 0.25) is 5.91 Å². The lowest BCUT2D eigenvalue weighted by atomic mass is 10.1. The predicted molar refractivity (Wildman–Crippen MR) is 121 cm³/mol. The molecule has 0 saturated heterocycles. The molecule has 0 aromatic carbocycles. The van der Waals surface area contributed by atoms with Crippen molar-refractivity contribution >= 4 is 34.2 Å². The lowest BCUT2D eigenvalue weighted by molar-refractivity contribution is -0.120. The number of imidazole rings is 1. The molecule has 0 fully saturated rings. The van der Waals surface area contributed by atoms with Gasteiger partial charge >= 0.3 is 0 Å². The maximum atomic E-state index is 12.6. The van der Waals surface area contributed by atoms with Gasteiger partial charge < -0.3 is 15.6 Å². The van der Waals surface area contributed by atoms with Crippen LogP contribution in [-0.4, -0.2) is 49.0 Å². The van der Waals surface area contributed by atoms with Crippen molar-refractivity contribution in [3.05, 3.63) is 47.1 Å². The minimum atomic E-state index is -0.288. The highest BCUT2D eigenvalue weighted by Crippen LogP contribution is 2.24. The number of hydrogen-bond donors (Lipinski definition) is 4. The minimum absolute atomic E-state index is 0.0407. The molecule has 10 nitrogen and oxygen atoms in total. The van der Waals surface area contributed by atoms with E-state index in [0.717, 1.165) is 41.6 Å². The van der Waals surface area contributed by atoms with E-state index in [1.165, 1.54) is 11.3 Å². The third-order valence-corrected chi connectivity index (χ3v) is 5.94. The summed E-state index contributed by atoms with van der Waals surface area (Å²) in [5.74, 6) is 0.540. The number of aromatic nitrogens is 6. The third-order valence-electron chi connectivity index (χ3n) is 5.16. The molecular formula is C21H24N8O2S. The Morgan fingerprint density at radius 2 is 2.03 bits per heavy atom. The molecule has 166 valence electrons. The first-order chi connectivity index (χ1) is 15.6. The number of carbonyl (C=O) groups is 2. The molecule has 2 amide bonds. The maximum Gasteiger partial charge on any atom is 0.263 e. The second kappa shape index (κ2) is 10.1. The summed E-state index contributed by atoms with van der Waals surface area (Å²) in [5, 5.41) is 13.4. The minimum Gasteiger partial charge on any atom is -0.359 e. The lowest BCUT2D eigenvalue weighted by Crippen LogP contribution is -2.28. The topological polar surface area (TPSA) is 141 Å². The number of amides is 2. The zero-order valence-corrected chi connectivity index (χ0v) is 18.4. The molecule has 32 heavy (non-hydrogen) atoms. The summed E-state index contributed by atoms with van der Waals surface area (Å²) in [6.45, 7) is 0. The highest BCUT2D eigenvalue weighted by atomic mass is 32.1. The smallest absolute Gasteiger partial charge is 0.263 e. The van der Waals surface area contributed by atoms with E-state index in [4.69, 9.17) is 0 Å². The van der Waals surface area contributed by atoms with Crippen molar-refractivity contribution in [3.8, 4) is 11.3 Å². The molecule has 4 aromatic heterocycles. The molecule has 0 bridgehead atoms. The van der Waals surface area contributed by atoms with Crippen molar-refractivity contribution in [1.29, 1.82) is 0 Å². The average molecular weight is 453 g/mol. The summed E-state index contributed by atoms with van der Waals surface area (Å²) >= 11 is 1.29. The van der Waals surface area contributed by atoms with Gasteiger partial charge in [0, 0.05) is 30.6 Å². The van der Waals surface area contributed by atoms with Gasteiger partial charge in [-0.1, -0.05) is 12.8 Å². The molecule has 4 rings (SSSR count). The Hall–Kier alpha value is -3.60. The van der Waals surface area contributed by atoms with E-state index < -0.39 is 0 Å². The largest absolute Gasteiger partial charge is 0.359 e. The number of nitrogens with zero attached hydrogens (tertiary/aromatic N) is 4. The van der Waals surface area contributed by atoms with Gasteiger partial charge in [0.05, 0.1) is 35.8 Å². The molecular weight excluding hydrogens is 428 g/mol. The van der Waals surface area contributed by atoms with Crippen LogP contribution in [0.2, 0.25) is 0 Å². The molecule has 4 aromatic rings. The van der Waals surface area contributed by atoms with Gasteiger partial charge in [0.1, 0.15) is 10.7 Å². The standard InChI is InChI=1S/C21H24N8O2S/c1-22-18(30)6-4-2-3-5-15(28-21(31)17-11-23-12-32-17)20-25-10-16(27-20)13-7-14-9-26-29-19(14)24-8-13/h7-12,15H,2-6H2,1H3,(H,22,30)(H,25,27)(H,28,31)(H,24,26,29). The van der Waals surface area contributed by atoms with E-state index in [1.54, 1.807) is 37.3 Å². The molecule has 4 heterocycles. The van der Waals surface area contributed by atoms with Gasteiger partial charge in [0.15, 0.2) is 5.65 Å². The van der Waals surface area contributed by atoms with E-state index in [9.17, 15) is 9.59 Å². The summed E-state index contributed by atoms with van der Waals surface area (Å²) in [7, 11) is 1.64. The van der Waals surface area contributed by atoms with Gasteiger partial charge in [-0.05, 0) is 18.9 Å². The highest BCUT2D eigenvalue weighted by Gasteiger charge is 2.20. The number of pyridine rings is 1. The van der Waals surface area contributed by atoms with Crippen LogP contribution >= 0.6 is 11.3 Å². The Morgan fingerprint density at radius 1 is 1.12 bits per heavy atom. The molecule has 0 aliphatic heterocycles. The Labute approximate surface area is 188 Å². The Morgan fingerprint density at radius 3 is 2.84 bits per heavy atom. The zero-order valence-electron chi connectivity index (χ0n) is 17.6. The van der Waals surface area contributed by atoms with Gasteiger partial charge in [-0.15, -0.1) is 11.3 Å².